The molecule has 5 rings (SSSR count). The molecule has 0 unspecified atom stereocenters. The monoisotopic (exact) mass is 613 g/mol. The number of aromatic nitrogens is 4. The predicted molar refractivity (Wildman–Crippen MR) is 156 cm³/mol. The third kappa shape index (κ3) is 6.96. The molecule has 0 atom stereocenters. The SMILES string of the molecule is CC(C)n1c(=O)c(-c2cc(F)c(NSCC3(C(F)(F)F)CC3)c(F)c2)nc2cnc(N)nc21.CN(C)C1CCCCC1. The Labute approximate surface area is 245 Å². The van der Waals surface area contributed by atoms with E-state index >= 15 is 0 Å². The van der Waals surface area contributed by atoms with E-state index in [1.807, 2.05) is 0 Å². The summed E-state index contributed by atoms with van der Waals surface area (Å²) in [4.78, 5) is 27.5. The summed E-state index contributed by atoms with van der Waals surface area (Å²) < 4.78 is 72.2. The molecular formula is C28H36F5N7OS. The van der Waals surface area contributed by atoms with Crippen molar-refractivity contribution in [2.45, 2.75) is 77.1 Å². The van der Waals surface area contributed by atoms with Crippen LogP contribution in [0.3, 0.4) is 0 Å². The lowest BCUT2D eigenvalue weighted by molar-refractivity contribution is -0.179. The van der Waals surface area contributed by atoms with Gasteiger partial charge in [-0.15, -0.1) is 0 Å². The number of rotatable bonds is 7. The topological polar surface area (TPSA) is 102 Å². The molecule has 1 aromatic carbocycles. The molecule has 2 heterocycles. The highest BCUT2D eigenvalue weighted by Crippen LogP contribution is 2.59. The second kappa shape index (κ2) is 12.7. The van der Waals surface area contributed by atoms with Gasteiger partial charge in [-0.2, -0.15) is 18.2 Å². The standard InChI is InChI=1S/C20H19F5N6OS.C8H17N/c1-9(2)31-16-13(7-27-18(26)29-16)28-14(17(31)32)10-5-11(21)15(12(22)6-10)30-33-8-19(3-4-19)20(23,24)25;1-9(2)8-6-4-3-5-7-8/h5-7,9,30H,3-4,8H2,1-2H3,(H2,26,27,29);8H,3-7H2,1-2H3. The van der Waals surface area contributed by atoms with Crippen LogP contribution < -0.4 is 16.0 Å². The van der Waals surface area contributed by atoms with Gasteiger partial charge in [0.1, 0.15) is 16.9 Å². The van der Waals surface area contributed by atoms with Crippen molar-refractivity contribution in [3.05, 3.63) is 40.3 Å². The average molecular weight is 614 g/mol. The minimum atomic E-state index is -4.37. The minimum Gasteiger partial charge on any atom is -0.368 e. The van der Waals surface area contributed by atoms with Gasteiger partial charge in [-0.1, -0.05) is 31.2 Å². The third-order valence-electron chi connectivity index (χ3n) is 7.76. The summed E-state index contributed by atoms with van der Waals surface area (Å²) in [5, 5.41) is 0. The van der Waals surface area contributed by atoms with Gasteiger partial charge in [0.2, 0.25) is 5.95 Å². The lowest BCUT2D eigenvalue weighted by Gasteiger charge is -2.27. The summed E-state index contributed by atoms with van der Waals surface area (Å²) in [6.07, 6.45) is 4.11. The number of fused-ring (bicyclic) bond motifs is 1. The molecule has 3 N–H and O–H groups in total. The van der Waals surface area contributed by atoms with E-state index in [1.165, 1.54) is 42.9 Å². The van der Waals surface area contributed by atoms with Crippen molar-refractivity contribution in [1.29, 1.82) is 0 Å². The van der Waals surface area contributed by atoms with E-state index in [1.54, 1.807) is 13.8 Å². The number of hydrogen-bond donors (Lipinski definition) is 2. The Hall–Kier alpha value is -3.00. The number of anilines is 2. The molecule has 2 saturated carbocycles. The van der Waals surface area contributed by atoms with Crippen LogP contribution in [0.25, 0.3) is 22.4 Å². The van der Waals surface area contributed by atoms with E-state index in [4.69, 9.17) is 5.73 Å². The van der Waals surface area contributed by atoms with Gasteiger partial charge in [-0.25, -0.2) is 18.7 Å². The van der Waals surface area contributed by atoms with Gasteiger partial charge in [0.05, 0.1) is 11.6 Å². The van der Waals surface area contributed by atoms with Gasteiger partial charge in [0.15, 0.2) is 17.3 Å². The van der Waals surface area contributed by atoms with Gasteiger partial charge < -0.3 is 15.4 Å². The highest BCUT2D eigenvalue weighted by Gasteiger charge is 2.62. The first kappa shape index (κ1) is 31.9. The number of nitrogens with one attached hydrogen (secondary N) is 1. The Bertz CT molecular complexity index is 1440. The highest BCUT2D eigenvalue weighted by molar-refractivity contribution is 8.00. The first-order valence-corrected chi connectivity index (χ1v) is 14.9. The molecule has 0 saturated heterocycles. The summed E-state index contributed by atoms with van der Waals surface area (Å²) in [7, 11) is 4.38. The van der Waals surface area contributed by atoms with Crippen LogP contribution in [0.4, 0.5) is 33.6 Å². The maximum absolute atomic E-state index is 14.7. The van der Waals surface area contributed by atoms with Crippen molar-refractivity contribution < 1.29 is 22.0 Å². The molecule has 3 aromatic rings. The second-order valence-corrected chi connectivity index (χ2v) is 12.2. The highest BCUT2D eigenvalue weighted by atomic mass is 32.2. The Morgan fingerprint density at radius 3 is 2.24 bits per heavy atom. The van der Waals surface area contributed by atoms with E-state index in [9.17, 15) is 26.7 Å². The van der Waals surface area contributed by atoms with Crippen LogP contribution in [0, 0.1) is 17.0 Å². The molecule has 2 aromatic heterocycles. The Morgan fingerprint density at radius 1 is 1.12 bits per heavy atom. The average Bonchev–Trinajstić information content (AvgIpc) is 3.72. The van der Waals surface area contributed by atoms with Crippen LogP contribution in [-0.2, 0) is 0 Å². The quantitative estimate of drug-likeness (QED) is 0.228. The molecule has 0 bridgehead atoms. The number of hydrogen-bond acceptors (Lipinski definition) is 8. The lowest BCUT2D eigenvalue weighted by atomic mass is 9.95. The zero-order valence-corrected chi connectivity index (χ0v) is 24.9. The number of alkyl halides is 3. The van der Waals surface area contributed by atoms with E-state index < -0.39 is 34.5 Å². The fraction of sp³-hybridized carbons (Fsp3) is 0.571. The Morgan fingerprint density at radius 2 is 1.74 bits per heavy atom. The first-order valence-electron chi connectivity index (χ1n) is 13.9. The van der Waals surface area contributed by atoms with Gasteiger partial charge in [-0.05, 0) is 65.8 Å². The maximum atomic E-state index is 14.7. The van der Waals surface area contributed by atoms with Crippen molar-refractivity contribution in [2.24, 2.45) is 5.41 Å². The molecule has 8 nitrogen and oxygen atoms in total. The molecule has 0 spiro atoms. The molecule has 230 valence electrons. The first-order chi connectivity index (χ1) is 19.7. The van der Waals surface area contributed by atoms with Gasteiger partial charge in [0.25, 0.3) is 5.56 Å². The molecule has 0 radical (unpaired) electrons. The molecular weight excluding hydrogens is 577 g/mol. The van der Waals surface area contributed by atoms with Crippen LogP contribution >= 0.6 is 11.9 Å². The van der Waals surface area contributed by atoms with E-state index in [0.717, 1.165) is 18.2 Å². The van der Waals surface area contributed by atoms with Crippen molar-refractivity contribution in [3.8, 4) is 11.3 Å². The van der Waals surface area contributed by atoms with Crippen molar-refractivity contribution in [1.82, 2.24) is 24.4 Å². The molecule has 2 fully saturated rings. The van der Waals surface area contributed by atoms with Gasteiger partial charge in [-0.3, -0.25) is 9.36 Å². The molecule has 2 aliphatic carbocycles. The largest absolute Gasteiger partial charge is 0.395 e. The molecule has 0 amide bonds. The van der Waals surface area contributed by atoms with Crippen LogP contribution in [0.15, 0.2) is 23.1 Å². The van der Waals surface area contributed by atoms with Gasteiger partial charge in [0, 0.05) is 23.4 Å². The fourth-order valence-corrected chi connectivity index (χ4v) is 6.13. The van der Waals surface area contributed by atoms with E-state index in [2.05, 4.69) is 38.7 Å². The lowest BCUT2D eigenvalue weighted by Crippen LogP contribution is -2.29. The third-order valence-corrected chi connectivity index (χ3v) is 8.81. The second-order valence-electron chi connectivity index (χ2n) is 11.4. The van der Waals surface area contributed by atoms with Crippen molar-refractivity contribution >= 4 is 34.7 Å². The van der Waals surface area contributed by atoms with Gasteiger partial charge >= 0.3 is 6.18 Å². The Kier molecular flexibility index (Phi) is 9.65. The number of nitrogen functional groups attached to an aromatic ring is 1. The molecule has 14 heteroatoms. The summed E-state index contributed by atoms with van der Waals surface area (Å²) in [5.41, 5.74) is 2.58. The van der Waals surface area contributed by atoms with Crippen molar-refractivity contribution in [2.75, 3.05) is 30.3 Å². The number of benzene rings is 1. The number of halogens is 5. The Balaban J connectivity index is 0.000000385. The number of nitrogens with zero attached hydrogens (tertiary/aromatic N) is 5. The summed E-state index contributed by atoms with van der Waals surface area (Å²) in [6, 6.07) is 2.33. The summed E-state index contributed by atoms with van der Waals surface area (Å²) in [5.74, 6) is -2.57. The molecule has 42 heavy (non-hydrogen) atoms. The van der Waals surface area contributed by atoms with E-state index in [0.29, 0.717) is 11.9 Å². The predicted octanol–water partition coefficient (Wildman–Crippen LogP) is 6.58. The normalized spacial score (nSPS) is 16.9. The van der Waals surface area contributed by atoms with Crippen LogP contribution in [0.2, 0.25) is 0 Å². The fourth-order valence-electron chi connectivity index (χ4n) is 4.99. The summed E-state index contributed by atoms with van der Waals surface area (Å²) >= 11 is 0.586. The zero-order valence-electron chi connectivity index (χ0n) is 24.1. The molecule has 0 aliphatic heterocycles. The van der Waals surface area contributed by atoms with Crippen LogP contribution in [-0.4, -0.2) is 56.5 Å². The smallest absolute Gasteiger partial charge is 0.368 e. The molecule has 2 aliphatic rings. The van der Waals surface area contributed by atoms with Crippen LogP contribution in [0.1, 0.15) is 64.8 Å². The van der Waals surface area contributed by atoms with Crippen LogP contribution in [0.5, 0.6) is 0 Å². The van der Waals surface area contributed by atoms with Crippen molar-refractivity contribution in [3.63, 3.8) is 0 Å². The van der Waals surface area contributed by atoms with E-state index in [-0.39, 0.29) is 53.0 Å². The number of nitrogens with two attached hydrogens (primary N) is 1. The summed E-state index contributed by atoms with van der Waals surface area (Å²) in [6.45, 7) is 3.45. The maximum Gasteiger partial charge on any atom is 0.395 e. The minimum absolute atomic E-state index is 0.0137. The zero-order chi connectivity index (χ0) is 30.8.